The van der Waals surface area contributed by atoms with E-state index in [0.29, 0.717) is 18.1 Å². The van der Waals surface area contributed by atoms with Crippen molar-refractivity contribution in [1.29, 1.82) is 0 Å². The first-order chi connectivity index (χ1) is 11.6. The molecular weight excluding hydrogens is 304 g/mol. The van der Waals surface area contributed by atoms with E-state index in [-0.39, 0.29) is 29.0 Å². The highest BCUT2D eigenvalue weighted by atomic mass is 16.5. The Morgan fingerprint density at radius 3 is 2.50 bits per heavy atom. The van der Waals surface area contributed by atoms with Crippen molar-refractivity contribution in [2.75, 3.05) is 18.1 Å². The summed E-state index contributed by atoms with van der Waals surface area (Å²) >= 11 is 0. The second-order valence-corrected chi connectivity index (χ2v) is 6.16. The molecule has 4 N–H and O–H groups in total. The number of nitrogens with two attached hydrogens (primary N) is 2. The number of hydrogen-bond acceptors (Lipinski definition) is 6. The molecule has 1 aliphatic carbocycles. The molecule has 1 aliphatic rings. The average Bonchev–Trinajstić information content (AvgIpc) is 2.60. The second-order valence-electron chi connectivity index (χ2n) is 6.16. The fraction of sp³-hybridized carbons (Fsp3) is 0.389. The molecule has 0 spiro atoms. The maximum absolute atomic E-state index is 12.8. The lowest BCUT2D eigenvalue weighted by Gasteiger charge is -2.22. The molecule has 0 unspecified atom stereocenters. The summed E-state index contributed by atoms with van der Waals surface area (Å²) in [5.41, 5.74) is 12.3. The molecule has 0 aliphatic heterocycles. The van der Waals surface area contributed by atoms with Gasteiger partial charge in [-0.15, -0.1) is 0 Å². The average molecular weight is 326 g/mol. The fourth-order valence-electron chi connectivity index (χ4n) is 3.08. The Labute approximate surface area is 141 Å². The minimum absolute atomic E-state index is 0.00996. The van der Waals surface area contributed by atoms with Crippen molar-refractivity contribution in [3.8, 4) is 5.88 Å². The van der Waals surface area contributed by atoms with Gasteiger partial charge in [0.25, 0.3) is 0 Å². The van der Waals surface area contributed by atoms with Crippen molar-refractivity contribution < 1.29 is 9.53 Å². The second kappa shape index (κ2) is 7.29. The largest absolute Gasteiger partial charge is 0.477 e. The molecule has 24 heavy (non-hydrogen) atoms. The molecule has 0 atom stereocenters. The zero-order chi connectivity index (χ0) is 16.9. The quantitative estimate of drug-likeness (QED) is 0.819. The van der Waals surface area contributed by atoms with Gasteiger partial charge in [0.2, 0.25) is 17.6 Å². The molecule has 1 heterocycles. The summed E-state index contributed by atoms with van der Waals surface area (Å²) in [6, 6.07) is 8.89. The number of hydrogen-bond donors (Lipinski definition) is 2. The Bertz CT molecular complexity index is 712. The number of nitrogen functional groups attached to an aromatic ring is 2. The number of aromatic nitrogens is 2. The third kappa shape index (κ3) is 3.64. The van der Waals surface area contributed by atoms with Crippen molar-refractivity contribution in [2.45, 2.75) is 32.1 Å². The number of carbonyl (C=O) groups excluding carboxylic acids is 1. The SMILES string of the molecule is Nc1nc(N)c(C(=O)c2ccccc2)c(OCC2CCCCC2)n1. The van der Waals surface area contributed by atoms with Crippen molar-refractivity contribution in [2.24, 2.45) is 5.92 Å². The lowest BCUT2D eigenvalue weighted by atomic mass is 9.90. The summed E-state index contributed by atoms with van der Waals surface area (Å²) in [4.78, 5) is 20.8. The summed E-state index contributed by atoms with van der Waals surface area (Å²) < 4.78 is 5.85. The van der Waals surface area contributed by atoms with Gasteiger partial charge in [-0.2, -0.15) is 9.97 Å². The molecule has 6 nitrogen and oxygen atoms in total. The molecular formula is C18H22N4O2. The highest BCUT2D eigenvalue weighted by molar-refractivity contribution is 6.13. The van der Waals surface area contributed by atoms with Crippen molar-refractivity contribution >= 4 is 17.5 Å². The summed E-state index contributed by atoms with van der Waals surface area (Å²) in [7, 11) is 0. The Balaban J connectivity index is 1.86. The standard InChI is InChI=1S/C18H22N4O2/c19-16-14(15(23)13-9-5-2-6-10-13)17(22-18(20)21-16)24-11-12-7-3-1-4-8-12/h2,5-6,9-10,12H,1,3-4,7-8,11H2,(H4,19,20,21,22). The summed E-state index contributed by atoms with van der Waals surface area (Å²) in [6.07, 6.45) is 5.99. The van der Waals surface area contributed by atoms with Gasteiger partial charge in [-0.25, -0.2) is 0 Å². The van der Waals surface area contributed by atoms with Crippen LogP contribution in [-0.2, 0) is 0 Å². The first-order valence-electron chi connectivity index (χ1n) is 8.30. The van der Waals surface area contributed by atoms with Crippen LogP contribution in [0.3, 0.4) is 0 Å². The summed E-state index contributed by atoms with van der Waals surface area (Å²) in [6.45, 7) is 0.519. The Morgan fingerprint density at radius 1 is 1.08 bits per heavy atom. The Morgan fingerprint density at radius 2 is 1.79 bits per heavy atom. The smallest absolute Gasteiger partial charge is 0.231 e. The van der Waals surface area contributed by atoms with Crippen molar-refractivity contribution in [1.82, 2.24) is 9.97 Å². The van der Waals surface area contributed by atoms with E-state index in [1.165, 1.54) is 19.3 Å². The van der Waals surface area contributed by atoms with Crippen LogP contribution in [0.2, 0.25) is 0 Å². The van der Waals surface area contributed by atoms with Gasteiger partial charge in [-0.05, 0) is 18.8 Å². The first-order valence-corrected chi connectivity index (χ1v) is 8.30. The number of benzene rings is 1. The molecule has 1 saturated carbocycles. The highest BCUT2D eigenvalue weighted by Gasteiger charge is 2.23. The van der Waals surface area contributed by atoms with E-state index < -0.39 is 0 Å². The summed E-state index contributed by atoms with van der Waals surface area (Å²) in [5.74, 6) is 0.466. The molecule has 0 saturated heterocycles. The molecule has 3 rings (SSSR count). The molecule has 1 aromatic heterocycles. The lowest BCUT2D eigenvalue weighted by Crippen LogP contribution is -2.19. The topological polar surface area (TPSA) is 104 Å². The van der Waals surface area contributed by atoms with E-state index in [1.54, 1.807) is 24.3 Å². The van der Waals surface area contributed by atoms with Crippen molar-refractivity contribution in [3.05, 3.63) is 41.5 Å². The van der Waals surface area contributed by atoms with Crippen LogP contribution in [0.15, 0.2) is 30.3 Å². The number of nitrogens with zero attached hydrogens (tertiary/aromatic N) is 2. The number of ether oxygens (including phenoxy) is 1. The van der Waals surface area contributed by atoms with E-state index in [1.807, 2.05) is 6.07 Å². The zero-order valence-electron chi connectivity index (χ0n) is 13.6. The van der Waals surface area contributed by atoms with Gasteiger partial charge in [0, 0.05) is 5.56 Å². The molecule has 1 aromatic carbocycles. The van der Waals surface area contributed by atoms with Gasteiger partial charge >= 0.3 is 0 Å². The van der Waals surface area contributed by atoms with Crippen LogP contribution in [0, 0.1) is 5.92 Å². The van der Waals surface area contributed by atoms with Gasteiger partial charge in [0.15, 0.2) is 0 Å². The number of anilines is 2. The minimum atomic E-state index is -0.258. The van der Waals surface area contributed by atoms with Gasteiger partial charge in [0.05, 0.1) is 6.61 Å². The Hall–Kier alpha value is -2.63. The number of carbonyl (C=O) groups is 1. The van der Waals surface area contributed by atoms with Crippen LogP contribution in [0.4, 0.5) is 11.8 Å². The third-order valence-electron chi connectivity index (χ3n) is 4.36. The zero-order valence-corrected chi connectivity index (χ0v) is 13.6. The molecule has 2 aromatic rings. The molecule has 0 bridgehead atoms. The number of ketones is 1. The van der Waals surface area contributed by atoms with E-state index >= 15 is 0 Å². The van der Waals surface area contributed by atoms with Crippen LogP contribution < -0.4 is 16.2 Å². The Kier molecular flexibility index (Phi) is 4.93. The molecule has 1 fully saturated rings. The van der Waals surface area contributed by atoms with Crippen LogP contribution in [0.1, 0.15) is 48.0 Å². The van der Waals surface area contributed by atoms with Crippen molar-refractivity contribution in [3.63, 3.8) is 0 Å². The van der Waals surface area contributed by atoms with Crippen LogP contribution in [0.25, 0.3) is 0 Å². The molecule has 0 radical (unpaired) electrons. The van der Waals surface area contributed by atoms with E-state index in [2.05, 4.69) is 9.97 Å². The lowest BCUT2D eigenvalue weighted by molar-refractivity contribution is 0.103. The predicted octanol–water partition coefficient (Wildman–Crippen LogP) is 2.83. The minimum Gasteiger partial charge on any atom is -0.477 e. The molecule has 126 valence electrons. The number of rotatable bonds is 5. The highest BCUT2D eigenvalue weighted by Crippen LogP contribution is 2.28. The maximum Gasteiger partial charge on any atom is 0.231 e. The van der Waals surface area contributed by atoms with E-state index in [0.717, 1.165) is 12.8 Å². The monoisotopic (exact) mass is 326 g/mol. The van der Waals surface area contributed by atoms with Crippen LogP contribution in [0.5, 0.6) is 5.88 Å². The van der Waals surface area contributed by atoms with Gasteiger partial charge in [-0.1, -0.05) is 49.6 Å². The summed E-state index contributed by atoms with van der Waals surface area (Å²) in [5, 5.41) is 0. The predicted molar refractivity (Wildman–Crippen MR) is 92.8 cm³/mol. The fourth-order valence-corrected chi connectivity index (χ4v) is 3.08. The maximum atomic E-state index is 12.8. The van der Waals surface area contributed by atoms with Crippen LogP contribution in [-0.4, -0.2) is 22.4 Å². The molecule has 0 amide bonds. The van der Waals surface area contributed by atoms with Gasteiger partial charge in [0.1, 0.15) is 11.4 Å². The van der Waals surface area contributed by atoms with Gasteiger partial charge < -0.3 is 16.2 Å². The van der Waals surface area contributed by atoms with E-state index in [9.17, 15) is 4.79 Å². The van der Waals surface area contributed by atoms with Gasteiger partial charge in [-0.3, -0.25) is 4.79 Å². The first kappa shape index (κ1) is 16.2. The third-order valence-corrected chi connectivity index (χ3v) is 4.36. The van der Waals surface area contributed by atoms with E-state index in [4.69, 9.17) is 16.2 Å². The molecule has 6 heteroatoms. The normalized spacial score (nSPS) is 15.2. The van der Waals surface area contributed by atoms with Crippen LogP contribution >= 0.6 is 0 Å².